The van der Waals surface area contributed by atoms with Gasteiger partial charge in [0, 0.05) is 18.7 Å². The number of hydrogen-bond acceptors (Lipinski definition) is 6. The maximum absolute atomic E-state index is 12.7. The van der Waals surface area contributed by atoms with E-state index in [0.29, 0.717) is 6.54 Å². The molecule has 0 aliphatic heterocycles. The van der Waals surface area contributed by atoms with Gasteiger partial charge < -0.3 is 5.32 Å². The van der Waals surface area contributed by atoms with E-state index >= 15 is 0 Å². The Hall–Kier alpha value is -2.36. The van der Waals surface area contributed by atoms with Crippen molar-refractivity contribution in [2.75, 3.05) is 29.7 Å². The summed E-state index contributed by atoms with van der Waals surface area (Å²) in [4.78, 5) is 12.9. The molecular formula is C19H25ClN4O4S. The first-order valence-electron chi connectivity index (χ1n) is 9.23. The number of rotatable bonds is 10. The summed E-state index contributed by atoms with van der Waals surface area (Å²) in [6.07, 6.45) is 0. The van der Waals surface area contributed by atoms with Crippen LogP contribution >= 0.6 is 11.6 Å². The number of nitro benzene ring substituents is 1. The number of nitro groups is 1. The number of likely N-dealkylation sites (N-methyl/N-ethyl adjacent to an activating group) is 1. The Morgan fingerprint density at radius 2 is 1.79 bits per heavy atom. The van der Waals surface area contributed by atoms with E-state index < -0.39 is 14.9 Å². The van der Waals surface area contributed by atoms with Gasteiger partial charge in [-0.2, -0.15) is 0 Å². The largest absolute Gasteiger partial charge is 0.378 e. The van der Waals surface area contributed by atoms with E-state index in [1.165, 1.54) is 18.2 Å². The molecule has 2 rings (SSSR count). The minimum atomic E-state index is -4.04. The fourth-order valence-corrected chi connectivity index (χ4v) is 4.30. The van der Waals surface area contributed by atoms with Crippen molar-refractivity contribution in [1.29, 1.82) is 0 Å². The second-order valence-corrected chi connectivity index (χ2v) is 8.56. The van der Waals surface area contributed by atoms with E-state index in [0.717, 1.165) is 19.2 Å². The van der Waals surface area contributed by atoms with Gasteiger partial charge in [0.15, 0.2) is 0 Å². The summed E-state index contributed by atoms with van der Waals surface area (Å²) >= 11 is 6.00. The van der Waals surface area contributed by atoms with E-state index in [2.05, 4.69) is 14.9 Å². The van der Waals surface area contributed by atoms with Gasteiger partial charge >= 0.3 is 0 Å². The summed E-state index contributed by atoms with van der Waals surface area (Å²) in [5.74, 6) is 0. The Balaban J connectivity index is 2.27. The molecule has 8 nitrogen and oxygen atoms in total. The SMILES string of the molecule is CCN(CC)C(C)CNc1ccc(S(=O)(=O)Nc2ccccc2Cl)cc1[N+](=O)[O-]. The number of halogens is 1. The predicted molar refractivity (Wildman–Crippen MR) is 116 cm³/mol. The number of para-hydroxylation sites is 1. The number of sulfonamides is 1. The van der Waals surface area contributed by atoms with Gasteiger partial charge in [-0.15, -0.1) is 0 Å². The number of hydrogen-bond donors (Lipinski definition) is 2. The molecule has 0 spiro atoms. The molecule has 2 aromatic carbocycles. The standard InChI is InChI=1S/C19H25ClN4O4S/c1-4-23(5-2)14(3)13-21-18-11-10-15(12-19(18)24(25)26)29(27,28)22-17-9-7-6-8-16(17)20/h6-12,14,21-22H,4-5,13H2,1-3H3. The summed E-state index contributed by atoms with van der Waals surface area (Å²) in [5.41, 5.74) is 0.163. The molecule has 0 fully saturated rings. The molecule has 158 valence electrons. The van der Waals surface area contributed by atoms with Crippen LogP contribution in [0.4, 0.5) is 17.1 Å². The van der Waals surface area contributed by atoms with Gasteiger partial charge in [-0.25, -0.2) is 8.42 Å². The van der Waals surface area contributed by atoms with Crippen LogP contribution in [-0.4, -0.2) is 43.9 Å². The molecular weight excluding hydrogens is 416 g/mol. The lowest BCUT2D eigenvalue weighted by Gasteiger charge is -2.26. The Morgan fingerprint density at radius 1 is 1.14 bits per heavy atom. The minimum Gasteiger partial charge on any atom is -0.378 e. The number of nitrogens with zero attached hydrogens (tertiary/aromatic N) is 2. The average molecular weight is 441 g/mol. The first-order valence-corrected chi connectivity index (χ1v) is 11.1. The predicted octanol–water partition coefficient (Wildman–Crippen LogP) is 4.19. The van der Waals surface area contributed by atoms with Crippen LogP contribution in [0.5, 0.6) is 0 Å². The van der Waals surface area contributed by atoms with Gasteiger partial charge in [-0.05, 0) is 44.3 Å². The van der Waals surface area contributed by atoms with Crippen molar-refractivity contribution in [3.63, 3.8) is 0 Å². The fourth-order valence-electron chi connectivity index (χ4n) is 2.96. The van der Waals surface area contributed by atoms with Crippen LogP contribution in [0.15, 0.2) is 47.4 Å². The summed E-state index contributed by atoms with van der Waals surface area (Å²) in [5, 5.41) is 14.8. The average Bonchev–Trinajstić information content (AvgIpc) is 2.68. The molecule has 1 unspecified atom stereocenters. The second-order valence-electron chi connectivity index (χ2n) is 6.47. The molecule has 0 amide bonds. The van der Waals surface area contributed by atoms with Crippen molar-refractivity contribution >= 4 is 38.7 Å². The molecule has 0 bridgehead atoms. The van der Waals surface area contributed by atoms with Crippen molar-refractivity contribution in [3.05, 3.63) is 57.6 Å². The zero-order valence-corrected chi connectivity index (χ0v) is 18.1. The molecule has 0 heterocycles. The maximum atomic E-state index is 12.7. The summed E-state index contributed by atoms with van der Waals surface area (Å²) in [6, 6.07) is 10.3. The smallest absolute Gasteiger partial charge is 0.293 e. The lowest BCUT2D eigenvalue weighted by atomic mass is 10.2. The molecule has 10 heteroatoms. The Kier molecular flexibility index (Phi) is 7.83. The van der Waals surface area contributed by atoms with Gasteiger partial charge in [0.1, 0.15) is 5.69 Å². The van der Waals surface area contributed by atoms with E-state index in [1.54, 1.807) is 18.2 Å². The van der Waals surface area contributed by atoms with E-state index in [9.17, 15) is 18.5 Å². The highest BCUT2D eigenvalue weighted by Crippen LogP contribution is 2.30. The number of anilines is 2. The van der Waals surface area contributed by atoms with Gasteiger partial charge in [0.25, 0.3) is 15.7 Å². The number of benzene rings is 2. The van der Waals surface area contributed by atoms with E-state index in [1.807, 2.05) is 20.8 Å². The molecule has 0 aromatic heterocycles. The van der Waals surface area contributed by atoms with Gasteiger partial charge in [0.2, 0.25) is 0 Å². The molecule has 0 aliphatic carbocycles. The minimum absolute atomic E-state index is 0.162. The summed E-state index contributed by atoms with van der Waals surface area (Å²) in [6.45, 7) is 8.35. The topological polar surface area (TPSA) is 105 Å². The molecule has 0 saturated carbocycles. The van der Waals surface area contributed by atoms with Gasteiger partial charge in [-0.1, -0.05) is 37.6 Å². The van der Waals surface area contributed by atoms with Crippen LogP contribution < -0.4 is 10.0 Å². The highest BCUT2D eigenvalue weighted by Gasteiger charge is 2.22. The second kappa shape index (κ2) is 9.91. The van der Waals surface area contributed by atoms with Gasteiger partial charge in [0.05, 0.1) is 20.5 Å². The van der Waals surface area contributed by atoms with Crippen molar-refractivity contribution < 1.29 is 13.3 Å². The van der Waals surface area contributed by atoms with E-state index in [4.69, 9.17) is 11.6 Å². The van der Waals surface area contributed by atoms with Crippen molar-refractivity contribution in [2.24, 2.45) is 0 Å². The zero-order valence-electron chi connectivity index (χ0n) is 16.6. The lowest BCUT2D eigenvalue weighted by Crippen LogP contribution is -2.37. The van der Waals surface area contributed by atoms with Crippen molar-refractivity contribution in [1.82, 2.24) is 4.90 Å². The zero-order chi connectivity index (χ0) is 21.6. The first-order chi connectivity index (χ1) is 13.7. The Morgan fingerprint density at radius 3 is 2.38 bits per heavy atom. The Labute approximate surface area is 176 Å². The normalized spacial score (nSPS) is 12.6. The van der Waals surface area contributed by atoms with Gasteiger partial charge in [-0.3, -0.25) is 19.7 Å². The third-order valence-corrected chi connectivity index (χ3v) is 6.31. The van der Waals surface area contributed by atoms with Crippen LogP contribution in [0.3, 0.4) is 0 Å². The molecule has 0 saturated heterocycles. The molecule has 0 radical (unpaired) electrons. The third-order valence-electron chi connectivity index (χ3n) is 4.62. The third kappa shape index (κ3) is 5.81. The van der Waals surface area contributed by atoms with Crippen LogP contribution in [0.25, 0.3) is 0 Å². The van der Waals surface area contributed by atoms with Crippen molar-refractivity contribution in [3.8, 4) is 0 Å². The Bertz CT molecular complexity index is 964. The first kappa shape index (κ1) is 22.9. The highest BCUT2D eigenvalue weighted by atomic mass is 35.5. The van der Waals surface area contributed by atoms with Crippen molar-refractivity contribution in [2.45, 2.75) is 31.7 Å². The lowest BCUT2D eigenvalue weighted by molar-refractivity contribution is -0.384. The summed E-state index contributed by atoms with van der Waals surface area (Å²) in [7, 11) is -4.04. The maximum Gasteiger partial charge on any atom is 0.293 e. The molecule has 1 atom stereocenters. The fraction of sp³-hybridized carbons (Fsp3) is 0.368. The van der Waals surface area contributed by atoms with Crippen LogP contribution in [0.2, 0.25) is 5.02 Å². The van der Waals surface area contributed by atoms with Crippen LogP contribution in [0, 0.1) is 10.1 Å². The molecule has 0 aliphatic rings. The highest BCUT2D eigenvalue weighted by molar-refractivity contribution is 7.92. The number of nitrogens with one attached hydrogen (secondary N) is 2. The van der Waals surface area contributed by atoms with E-state index in [-0.39, 0.29) is 33.0 Å². The molecule has 2 N–H and O–H groups in total. The monoisotopic (exact) mass is 440 g/mol. The van der Waals surface area contributed by atoms with Crippen LogP contribution in [0.1, 0.15) is 20.8 Å². The molecule has 2 aromatic rings. The van der Waals surface area contributed by atoms with Crippen LogP contribution in [-0.2, 0) is 10.0 Å². The summed E-state index contributed by atoms with van der Waals surface area (Å²) < 4.78 is 27.7. The quantitative estimate of drug-likeness (QED) is 0.424. The molecule has 29 heavy (non-hydrogen) atoms.